The highest BCUT2D eigenvalue weighted by atomic mass is 16.4. The average Bonchev–Trinajstić information content (AvgIpc) is 2.50. The number of nitrogens with two attached hydrogens (primary N) is 1. The average molecular weight is 278 g/mol. The molecule has 0 heterocycles. The molecule has 1 amide bonds. The monoisotopic (exact) mass is 278 g/mol. The number of rotatable bonds is 8. The van der Waals surface area contributed by atoms with Crippen LogP contribution >= 0.6 is 0 Å². The summed E-state index contributed by atoms with van der Waals surface area (Å²) in [5.41, 5.74) is 6.51. The van der Waals surface area contributed by atoms with Crippen LogP contribution in [0, 0.1) is 0 Å². The van der Waals surface area contributed by atoms with Crippen LogP contribution in [0.4, 0.5) is 0 Å². The SMILES string of the molecule is CCC(CC(N)=NO)NCC(=O)NCc1ccccc1. The van der Waals surface area contributed by atoms with Gasteiger partial charge in [-0.15, -0.1) is 0 Å². The van der Waals surface area contributed by atoms with E-state index in [9.17, 15) is 4.79 Å². The molecule has 110 valence electrons. The van der Waals surface area contributed by atoms with Gasteiger partial charge in [-0.2, -0.15) is 0 Å². The molecule has 1 rings (SSSR count). The van der Waals surface area contributed by atoms with E-state index in [0.29, 0.717) is 13.0 Å². The zero-order valence-electron chi connectivity index (χ0n) is 11.7. The summed E-state index contributed by atoms with van der Waals surface area (Å²) >= 11 is 0. The van der Waals surface area contributed by atoms with E-state index in [-0.39, 0.29) is 24.3 Å². The van der Waals surface area contributed by atoms with Crippen LogP contribution in [0.3, 0.4) is 0 Å². The van der Waals surface area contributed by atoms with Gasteiger partial charge in [-0.3, -0.25) is 4.79 Å². The molecule has 1 aromatic rings. The molecule has 6 heteroatoms. The molecular formula is C14H22N4O2. The fourth-order valence-electron chi connectivity index (χ4n) is 1.75. The molecule has 20 heavy (non-hydrogen) atoms. The fourth-order valence-corrected chi connectivity index (χ4v) is 1.75. The van der Waals surface area contributed by atoms with Crippen LogP contribution in [0.2, 0.25) is 0 Å². The number of benzene rings is 1. The number of nitrogens with zero attached hydrogens (tertiary/aromatic N) is 1. The van der Waals surface area contributed by atoms with Crippen molar-refractivity contribution in [1.29, 1.82) is 0 Å². The topological polar surface area (TPSA) is 99.7 Å². The molecule has 0 saturated heterocycles. The molecule has 0 saturated carbocycles. The minimum absolute atomic E-state index is 0.0216. The second-order valence-electron chi connectivity index (χ2n) is 4.54. The Labute approximate surface area is 119 Å². The minimum Gasteiger partial charge on any atom is -0.409 e. The van der Waals surface area contributed by atoms with Gasteiger partial charge in [-0.05, 0) is 12.0 Å². The maximum absolute atomic E-state index is 11.7. The number of amides is 1. The van der Waals surface area contributed by atoms with E-state index in [0.717, 1.165) is 12.0 Å². The van der Waals surface area contributed by atoms with Crippen molar-refractivity contribution < 1.29 is 10.0 Å². The molecule has 1 unspecified atom stereocenters. The molecule has 0 aliphatic rings. The maximum Gasteiger partial charge on any atom is 0.234 e. The largest absolute Gasteiger partial charge is 0.409 e. The number of oxime groups is 1. The summed E-state index contributed by atoms with van der Waals surface area (Å²) in [6.45, 7) is 2.70. The third-order valence-electron chi connectivity index (χ3n) is 2.96. The number of carbonyl (C=O) groups is 1. The Morgan fingerprint density at radius 3 is 2.70 bits per heavy atom. The van der Waals surface area contributed by atoms with Gasteiger partial charge in [0.1, 0.15) is 5.84 Å². The summed E-state index contributed by atoms with van der Waals surface area (Å²) < 4.78 is 0. The third kappa shape index (κ3) is 6.19. The van der Waals surface area contributed by atoms with Crippen LogP contribution in [0.15, 0.2) is 35.5 Å². The van der Waals surface area contributed by atoms with E-state index in [1.807, 2.05) is 37.3 Å². The highest BCUT2D eigenvalue weighted by molar-refractivity contribution is 5.80. The van der Waals surface area contributed by atoms with Crippen molar-refractivity contribution in [3.8, 4) is 0 Å². The normalized spacial score (nSPS) is 12.9. The Morgan fingerprint density at radius 1 is 1.40 bits per heavy atom. The highest BCUT2D eigenvalue weighted by Crippen LogP contribution is 1.98. The summed E-state index contributed by atoms with van der Waals surface area (Å²) in [6, 6.07) is 9.75. The maximum atomic E-state index is 11.7. The van der Waals surface area contributed by atoms with Gasteiger partial charge in [-0.25, -0.2) is 0 Å². The van der Waals surface area contributed by atoms with Gasteiger partial charge in [0, 0.05) is 19.0 Å². The van der Waals surface area contributed by atoms with Crippen molar-refractivity contribution in [3.63, 3.8) is 0 Å². The van der Waals surface area contributed by atoms with E-state index in [1.165, 1.54) is 0 Å². The van der Waals surface area contributed by atoms with Crippen molar-refractivity contribution >= 4 is 11.7 Å². The quantitative estimate of drug-likeness (QED) is 0.245. The first-order chi connectivity index (χ1) is 9.65. The zero-order valence-corrected chi connectivity index (χ0v) is 11.7. The fraction of sp³-hybridized carbons (Fsp3) is 0.429. The van der Waals surface area contributed by atoms with E-state index in [4.69, 9.17) is 10.9 Å². The zero-order chi connectivity index (χ0) is 14.8. The van der Waals surface area contributed by atoms with E-state index >= 15 is 0 Å². The lowest BCUT2D eigenvalue weighted by Gasteiger charge is -2.15. The molecule has 0 bridgehead atoms. The van der Waals surface area contributed by atoms with Gasteiger partial charge in [0.25, 0.3) is 0 Å². The lowest BCUT2D eigenvalue weighted by Crippen LogP contribution is -2.40. The summed E-state index contributed by atoms with van der Waals surface area (Å²) in [5, 5.41) is 17.4. The first kappa shape index (κ1) is 16.0. The molecule has 1 aromatic carbocycles. The molecule has 6 nitrogen and oxygen atoms in total. The van der Waals surface area contributed by atoms with Crippen molar-refractivity contribution in [2.24, 2.45) is 10.9 Å². The Morgan fingerprint density at radius 2 is 2.10 bits per heavy atom. The van der Waals surface area contributed by atoms with E-state index in [1.54, 1.807) is 0 Å². The number of nitrogens with one attached hydrogen (secondary N) is 2. The summed E-state index contributed by atoms with van der Waals surface area (Å²) in [7, 11) is 0. The van der Waals surface area contributed by atoms with Crippen molar-refractivity contribution in [1.82, 2.24) is 10.6 Å². The predicted molar refractivity (Wildman–Crippen MR) is 78.4 cm³/mol. The number of carbonyl (C=O) groups excluding carboxylic acids is 1. The molecule has 0 aliphatic carbocycles. The first-order valence-electron chi connectivity index (χ1n) is 6.66. The molecule has 0 spiro atoms. The summed E-state index contributed by atoms with van der Waals surface area (Å²) in [4.78, 5) is 11.7. The molecule has 0 radical (unpaired) electrons. The summed E-state index contributed by atoms with van der Waals surface area (Å²) in [6.07, 6.45) is 1.21. The van der Waals surface area contributed by atoms with Gasteiger partial charge in [0.2, 0.25) is 5.91 Å². The second kappa shape index (κ2) is 8.92. The minimum atomic E-state index is -0.0770. The predicted octanol–water partition coefficient (Wildman–Crippen LogP) is 0.808. The lowest BCUT2D eigenvalue weighted by atomic mass is 10.1. The molecule has 5 N–H and O–H groups in total. The van der Waals surface area contributed by atoms with Crippen LogP contribution in [0.1, 0.15) is 25.3 Å². The van der Waals surface area contributed by atoms with Crippen LogP contribution in [0.5, 0.6) is 0 Å². The number of amidine groups is 1. The highest BCUT2D eigenvalue weighted by Gasteiger charge is 2.10. The summed E-state index contributed by atoms with van der Waals surface area (Å²) in [5.74, 6) is 0.0841. The van der Waals surface area contributed by atoms with Crippen molar-refractivity contribution in [3.05, 3.63) is 35.9 Å². The molecule has 0 aliphatic heterocycles. The van der Waals surface area contributed by atoms with Crippen LogP contribution < -0.4 is 16.4 Å². The first-order valence-corrected chi connectivity index (χ1v) is 6.66. The van der Waals surface area contributed by atoms with Gasteiger partial charge >= 0.3 is 0 Å². The lowest BCUT2D eigenvalue weighted by molar-refractivity contribution is -0.120. The standard InChI is InChI=1S/C14H22N4O2/c1-2-12(8-13(15)18-20)16-10-14(19)17-9-11-6-4-3-5-7-11/h3-7,12,16,20H,2,8-10H2,1H3,(H2,15,18)(H,17,19). The van der Waals surface area contributed by atoms with E-state index in [2.05, 4.69) is 15.8 Å². The third-order valence-corrected chi connectivity index (χ3v) is 2.96. The number of hydrogen-bond acceptors (Lipinski definition) is 4. The van der Waals surface area contributed by atoms with Crippen LogP contribution in [-0.4, -0.2) is 29.5 Å². The Balaban J connectivity index is 2.28. The van der Waals surface area contributed by atoms with E-state index < -0.39 is 0 Å². The molecule has 0 fully saturated rings. The Bertz CT molecular complexity index is 434. The second-order valence-corrected chi connectivity index (χ2v) is 4.54. The number of hydrogen-bond donors (Lipinski definition) is 4. The van der Waals surface area contributed by atoms with Crippen LogP contribution in [0.25, 0.3) is 0 Å². The van der Waals surface area contributed by atoms with Gasteiger partial charge in [0.05, 0.1) is 6.54 Å². The molecule has 0 aromatic heterocycles. The van der Waals surface area contributed by atoms with Crippen LogP contribution in [-0.2, 0) is 11.3 Å². The molecular weight excluding hydrogens is 256 g/mol. The Hall–Kier alpha value is -2.08. The van der Waals surface area contributed by atoms with Gasteiger partial charge in [0.15, 0.2) is 0 Å². The molecule has 1 atom stereocenters. The smallest absolute Gasteiger partial charge is 0.234 e. The van der Waals surface area contributed by atoms with Gasteiger partial charge < -0.3 is 21.6 Å². The Kier molecular flexibility index (Phi) is 7.13. The van der Waals surface area contributed by atoms with Crippen molar-refractivity contribution in [2.75, 3.05) is 6.54 Å². The van der Waals surface area contributed by atoms with Crippen molar-refractivity contribution in [2.45, 2.75) is 32.4 Å². The van der Waals surface area contributed by atoms with Gasteiger partial charge in [-0.1, -0.05) is 42.4 Å².